The maximum absolute atomic E-state index is 11.8. The van der Waals surface area contributed by atoms with Crippen molar-refractivity contribution in [2.75, 3.05) is 31.9 Å². The molecule has 4 heteroatoms. The summed E-state index contributed by atoms with van der Waals surface area (Å²) >= 11 is 0. The quantitative estimate of drug-likeness (QED) is 0.765. The number of rotatable bonds is 4. The summed E-state index contributed by atoms with van der Waals surface area (Å²) in [5, 5.41) is 2.91. The van der Waals surface area contributed by atoms with Crippen molar-refractivity contribution in [2.45, 2.75) is 12.8 Å². The molecule has 0 aliphatic carbocycles. The van der Waals surface area contributed by atoms with Crippen LogP contribution in [0, 0.1) is 0 Å². The second kappa shape index (κ2) is 5.68. The Morgan fingerprint density at radius 2 is 2.00 bits per heavy atom. The fraction of sp³-hybridized carbons (Fsp3) is 0.462. The first-order valence-electron chi connectivity index (χ1n) is 6.12. The van der Waals surface area contributed by atoms with Crippen molar-refractivity contribution >= 4 is 11.6 Å². The summed E-state index contributed by atoms with van der Waals surface area (Å²) in [7, 11) is 0. The molecule has 1 heterocycles. The molecule has 1 fully saturated rings. The van der Waals surface area contributed by atoms with Crippen LogP contribution in [0.25, 0.3) is 0 Å². The van der Waals surface area contributed by atoms with Crippen molar-refractivity contribution in [3.05, 3.63) is 29.8 Å². The minimum atomic E-state index is -0.0812. The smallest absolute Gasteiger partial charge is 0.253 e. The van der Waals surface area contributed by atoms with Crippen LogP contribution < -0.4 is 11.1 Å². The van der Waals surface area contributed by atoms with Gasteiger partial charge < -0.3 is 16.0 Å². The third-order valence-electron chi connectivity index (χ3n) is 3.12. The number of nitrogens with zero attached hydrogens (tertiary/aromatic N) is 1. The SMILES string of the molecule is Nc1ccccc1C(=O)NCCN1CCCC1. The Balaban J connectivity index is 1.79. The molecule has 0 spiro atoms. The van der Waals surface area contributed by atoms with Crippen molar-refractivity contribution in [2.24, 2.45) is 0 Å². The normalized spacial score (nSPS) is 16.0. The van der Waals surface area contributed by atoms with Gasteiger partial charge in [-0.05, 0) is 38.1 Å². The third kappa shape index (κ3) is 3.20. The van der Waals surface area contributed by atoms with E-state index in [0.717, 1.165) is 19.6 Å². The van der Waals surface area contributed by atoms with Crippen LogP contribution in [0.3, 0.4) is 0 Å². The van der Waals surface area contributed by atoms with E-state index in [4.69, 9.17) is 5.73 Å². The molecule has 2 rings (SSSR count). The van der Waals surface area contributed by atoms with Gasteiger partial charge in [-0.25, -0.2) is 0 Å². The zero-order valence-electron chi connectivity index (χ0n) is 9.98. The Hall–Kier alpha value is -1.55. The molecule has 1 saturated heterocycles. The summed E-state index contributed by atoms with van der Waals surface area (Å²) in [6.45, 7) is 3.93. The second-order valence-corrected chi connectivity index (χ2v) is 4.39. The number of amides is 1. The van der Waals surface area contributed by atoms with Crippen molar-refractivity contribution in [3.63, 3.8) is 0 Å². The summed E-state index contributed by atoms with van der Waals surface area (Å²) in [6.07, 6.45) is 2.55. The Morgan fingerprint density at radius 1 is 1.29 bits per heavy atom. The van der Waals surface area contributed by atoms with Crippen LogP contribution in [-0.4, -0.2) is 37.0 Å². The highest BCUT2D eigenvalue weighted by Crippen LogP contribution is 2.10. The van der Waals surface area contributed by atoms with Crippen LogP contribution in [0.15, 0.2) is 24.3 Å². The Morgan fingerprint density at radius 3 is 2.71 bits per heavy atom. The van der Waals surface area contributed by atoms with Crippen molar-refractivity contribution in [1.29, 1.82) is 0 Å². The number of nitrogens with two attached hydrogens (primary N) is 1. The van der Waals surface area contributed by atoms with Crippen molar-refractivity contribution < 1.29 is 4.79 Å². The van der Waals surface area contributed by atoms with Gasteiger partial charge in [0.25, 0.3) is 5.91 Å². The first-order chi connectivity index (χ1) is 8.27. The Bertz CT molecular complexity index is 386. The second-order valence-electron chi connectivity index (χ2n) is 4.39. The summed E-state index contributed by atoms with van der Waals surface area (Å²) in [6, 6.07) is 7.15. The molecule has 92 valence electrons. The van der Waals surface area contributed by atoms with Crippen LogP contribution in [-0.2, 0) is 0 Å². The van der Waals surface area contributed by atoms with Gasteiger partial charge in [-0.2, -0.15) is 0 Å². The fourth-order valence-corrected chi connectivity index (χ4v) is 2.13. The molecule has 0 aromatic heterocycles. The van der Waals surface area contributed by atoms with Gasteiger partial charge in [0, 0.05) is 18.8 Å². The van der Waals surface area contributed by atoms with Gasteiger partial charge in [0.15, 0.2) is 0 Å². The largest absolute Gasteiger partial charge is 0.398 e. The zero-order chi connectivity index (χ0) is 12.1. The maximum atomic E-state index is 11.8. The summed E-state index contributed by atoms with van der Waals surface area (Å²) in [5.41, 5.74) is 6.84. The molecule has 0 atom stereocenters. The fourth-order valence-electron chi connectivity index (χ4n) is 2.13. The lowest BCUT2D eigenvalue weighted by atomic mass is 10.1. The van der Waals surface area contributed by atoms with Gasteiger partial charge in [-0.15, -0.1) is 0 Å². The number of benzene rings is 1. The van der Waals surface area contributed by atoms with Crippen LogP contribution in [0.1, 0.15) is 23.2 Å². The average Bonchev–Trinajstić information content (AvgIpc) is 2.82. The molecule has 0 unspecified atom stereocenters. The van der Waals surface area contributed by atoms with Gasteiger partial charge in [-0.3, -0.25) is 4.79 Å². The molecule has 1 aliphatic rings. The number of para-hydroxylation sites is 1. The predicted octanol–water partition coefficient (Wildman–Crippen LogP) is 1.09. The van der Waals surface area contributed by atoms with Gasteiger partial charge in [0.1, 0.15) is 0 Å². The van der Waals surface area contributed by atoms with E-state index >= 15 is 0 Å². The van der Waals surface area contributed by atoms with E-state index in [9.17, 15) is 4.79 Å². The molecule has 0 saturated carbocycles. The summed E-state index contributed by atoms with van der Waals surface area (Å²) < 4.78 is 0. The standard InChI is InChI=1S/C13H19N3O/c14-12-6-2-1-5-11(12)13(17)15-7-10-16-8-3-4-9-16/h1-2,5-6H,3-4,7-10,14H2,(H,15,17). The maximum Gasteiger partial charge on any atom is 0.253 e. The first kappa shape index (κ1) is 11.9. The molecule has 0 bridgehead atoms. The first-order valence-corrected chi connectivity index (χ1v) is 6.12. The van der Waals surface area contributed by atoms with Crippen molar-refractivity contribution in [3.8, 4) is 0 Å². The number of hydrogen-bond donors (Lipinski definition) is 2. The predicted molar refractivity (Wildman–Crippen MR) is 68.9 cm³/mol. The van der Waals surface area contributed by atoms with E-state index in [1.54, 1.807) is 12.1 Å². The van der Waals surface area contributed by atoms with E-state index in [1.165, 1.54) is 12.8 Å². The van der Waals surface area contributed by atoms with Crippen LogP contribution >= 0.6 is 0 Å². The molecule has 4 nitrogen and oxygen atoms in total. The minimum absolute atomic E-state index is 0.0812. The van der Waals surface area contributed by atoms with E-state index in [2.05, 4.69) is 10.2 Å². The van der Waals surface area contributed by atoms with Gasteiger partial charge in [-0.1, -0.05) is 12.1 Å². The lowest BCUT2D eigenvalue weighted by Crippen LogP contribution is -2.33. The van der Waals surface area contributed by atoms with Gasteiger partial charge in [0.05, 0.1) is 5.56 Å². The number of carbonyl (C=O) groups is 1. The van der Waals surface area contributed by atoms with E-state index in [0.29, 0.717) is 17.8 Å². The molecule has 17 heavy (non-hydrogen) atoms. The number of nitrogens with one attached hydrogen (secondary N) is 1. The van der Waals surface area contributed by atoms with Crippen LogP contribution in [0.2, 0.25) is 0 Å². The molecular weight excluding hydrogens is 214 g/mol. The van der Waals surface area contributed by atoms with Crippen molar-refractivity contribution in [1.82, 2.24) is 10.2 Å². The Kier molecular flexibility index (Phi) is 3.98. The molecule has 1 aromatic rings. The monoisotopic (exact) mass is 233 g/mol. The molecule has 1 amide bonds. The number of nitrogen functional groups attached to an aromatic ring is 1. The van der Waals surface area contributed by atoms with E-state index in [1.807, 2.05) is 12.1 Å². The van der Waals surface area contributed by atoms with Crippen LogP contribution in [0.4, 0.5) is 5.69 Å². The average molecular weight is 233 g/mol. The molecule has 1 aliphatic heterocycles. The highest BCUT2D eigenvalue weighted by Gasteiger charge is 2.12. The molecule has 3 N–H and O–H groups in total. The minimum Gasteiger partial charge on any atom is -0.398 e. The lowest BCUT2D eigenvalue weighted by Gasteiger charge is -2.15. The topological polar surface area (TPSA) is 58.4 Å². The Labute approximate surface area is 102 Å². The van der Waals surface area contributed by atoms with Gasteiger partial charge >= 0.3 is 0 Å². The summed E-state index contributed by atoms with van der Waals surface area (Å²) in [5.74, 6) is -0.0812. The number of carbonyl (C=O) groups excluding carboxylic acids is 1. The highest BCUT2D eigenvalue weighted by atomic mass is 16.1. The molecule has 0 radical (unpaired) electrons. The summed E-state index contributed by atoms with van der Waals surface area (Å²) in [4.78, 5) is 14.2. The van der Waals surface area contributed by atoms with Gasteiger partial charge in [0.2, 0.25) is 0 Å². The number of anilines is 1. The van der Waals surface area contributed by atoms with E-state index < -0.39 is 0 Å². The third-order valence-corrected chi connectivity index (χ3v) is 3.12. The van der Waals surface area contributed by atoms with Crippen LogP contribution in [0.5, 0.6) is 0 Å². The zero-order valence-corrected chi connectivity index (χ0v) is 9.98. The lowest BCUT2D eigenvalue weighted by molar-refractivity contribution is 0.0950. The number of hydrogen-bond acceptors (Lipinski definition) is 3. The highest BCUT2D eigenvalue weighted by molar-refractivity contribution is 5.99. The number of likely N-dealkylation sites (tertiary alicyclic amines) is 1. The molecule has 1 aromatic carbocycles. The van der Waals surface area contributed by atoms with E-state index in [-0.39, 0.29) is 5.91 Å². The molecular formula is C13H19N3O.